The van der Waals surface area contributed by atoms with Crippen LogP contribution in [-0.2, 0) is 20.7 Å². The van der Waals surface area contributed by atoms with Gasteiger partial charge in [-0.05, 0) is 26.3 Å². The zero-order valence-corrected chi connectivity index (χ0v) is 9.99. The Morgan fingerprint density at radius 3 is 2.65 bits per heavy atom. The third-order valence-corrected chi connectivity index (χ3v) is 2.02. The summed E-state index contributed by atoms with van der Waals surface area (Å²) in [7, 11) is 0. The van der Waals surface area contributed by atoms with Gasteiger partial charge in [0.05, 0.1) is 19.6 Å². The van der Waals surface area contributed by atoms with Crippen molar-refractivity contribution in [3.63, 3.8) is 0 Å². The number of nitrogens with one attached hydrogen (secondary N) is 1. The van der Waals surface area contributed by atoms with Crippen LogP contribution < -0.4 is 0 Å². The molecule has 94 valence electrons. The average molecular weight is 240 g/mol. The Labute approximate surface area is 99.3 Å². The number of carbonyl (C=O) groups is 2. The van der Waals surface area contributed by atoms with E-state index < -0.39 is 5.97 Å². The van der Waals surface area contributed by atoms with Crippen LogP contribution in [0, 0.1) is 0 Å². The maximum absolute atomic E-state index is 11.3. The number of aromatic amines is 1. The molecular formula is C11H16N2O4. The van der Waals surface area contributed by atoms with Crippen LogP contribution in [0.5, 0.6) is 0 Å². The van der Waals surface area contributed by atoms with E-state index in [2.05, 4.69) is 10.2 Å². The molecule has 1 aromatic heterocycles. The number of aromatic nitrogens is 2. The minimum atomic E-state index is -0.467. The summed E-state index contributed by atoms with van der Waals surface area (Å²) >= 11 is 0. The van der Waals surface area contributed by atoms with E-state index in [4.69, 9.17) is 9.47 Å². The number of aryl methyl sites for hydroxylation is 1. The van der Waals surface area contributed by atoms with E-state index in [0.717, 1.165) is 0 Å². The predicted octanol–water partition coefficient (Wildman–Crippen LogP) is 1.08. The fraction of sp³-hybridized carbons (Fsp3) is 0.545. The lowest BCUT2D eigenvalue weighted by Gasteiger charge is -1.99. The third kappa shape index (κ3) is 4.26. The van der Waals surface area contributed by atoms with Crippen molar-refractivity contribution in [1.82, 2.24) is 10.2 Å². The van der Waals surface area contributed by atoms with E-state index in [1.54, 1.807) is 19.9 Å². The van der Waals surface area contributed by atoms with Gasteiger partial charge in [0, 0.05) is 5.69 Å². The van der Waals surface area contributed by atoms with Gasteiger partial charge >= 0.3 is 11.9 Å². The maximum atomic E-state index is 11.3. The molecule has 0 aliphatic heterocycles. The summed E-state index contributed by atoms with van der Waals surface area (Å²) in [5.74, 6) is -0.731. The molecule has 6 heteroatoms. The molecule has 0 amide bonds. The van der Waals surface area contributed by atoms with Crippen LogP contribution in [0.2, 0.25) is 0 Å². The van der Waals surface area contributed by atoms with Crippen LogP contribution in [0.1, 0.15) is 36.5 Å². The SMILES string of the molecule is CCOC(=O)CCc1cc(C(=O)OCC)n[nH]1. The number of hydrogen-bond acceptors (Lipinski definition) is 5. The van der Waals surface area contributed by atoms with Gasteiger partial charge in [-0.25, -0.2) is 4.79 Å². The molecule has 0 radical (unpaired) electrons. The van der Waals surface area contributed by atoms with E-state index in [1.807, 2.05) is 0 Å². The van der Waals surface area contributed by atoms with Gasteiger partial charge in [0.1, 0.15) is 0 Å². The first-order valence-electron chi connectivity index (χ1n) is 5.54. The fourth-order valence-corrected chi connectivity index (χ4v) is 1.27. The van der Waals surface area contributed by atoms with Crippen molar-refractivity contribution < 1.29 is 19.1 Å². The zero-order valence-electron chi connectivity index (χ0n) is 9.99. The molecule has 0 fully saturated rings. The molecule has 17 heavy (non-hydrogen) atoms. The second kappa shape index (κ2) is 6.67. The van der Waals surface area contributed by atoms with Gasteiger partial charge < -0.3 is 9.47 Å². The summed E-state index contributed by atoms with van der Waals surface area (Å²) in [5, 5.41) is 6.49. The minimum absolute atomic E-state index is 0.228. The van der Waals surface area contributed by atoms with Crippen molar-refractivity contribution in [3.05, 3.63) is 17.5 Å². The molecule has 0 atom stereocenters. The van der Waals surface area contributed by atoms with Gasteiger partial charge in [-0.15, -0.1) is 0 Å². The molecule has 0 saturated heterocycles. The summed E-state index contributed by atoms with van der Waals surface area (Å²) in [4.78, 5) is 22.4. The number of hydrogen-bond donors (Lipinski definition) is 1. The average Bonchev–Trinajstić information content (AvgIpc) is 2.76. The topological polar surface area (TPSA) is 81.3 Å². The van der Waals surface area contributed by atoms with Crippen LogP contribution in [0.25, 0.3) is 0 Å². The standard InChI is InChI=1S/C11H16N2O4/c1-3-16-10(14)6-5-8-7-9(13-12-8)11(15)17-4-2/h7H,3-6H2,1-2H3,(H,12,13). The van der Waals surface area contributed by atoms with E-state index in [0.29, 0.717) is 25.3 Å². The minimum Gasteiger partial charge on any atom is -0.466 e. The highest BCUT2D eigenvalue weighted by molar-refractivity contribution is 5.87. The highest BCUT2D eigenvalue weighted by atomic mass is 16.5. The van der Waals surface area contributed by atoms with Crippen molar-refractivity contribution in [2.75, 3.05) is 13.2 Å². The Morgan fingerprint density at radius 1 is 1.29 bits per heavy atom. The molecule has 0 spiro atoms. The first-order valence-corrected chi connectivity index (χ1v) is 5.54. The molecular weight excluding hydrogens is 224 g/mol. The van der Waals surface area contributed by atoms with Gasteiger partial charge in [-0.2, -0.15) is 5.10 Å². The summed E-state index contributed by atoms with van der Waals surface area (Å²) in [6.45, 7) is 4.17. The maximum Gasteiger partial charge on any atom is 0.358 e. The molecule has 0 aromatic carbocycles. The third-order valence-electron chi connectivity index (χ3n) is 2.02. The van der Waals surface area contributed by atoms with Crippen molar-refractivity contribution in [3.8, 4) is 0 Å². The zero-order chi connectivity index (χ0) is 12.7. The number of ether oxygens (including phenoxy) is 2. The monoisotopic (exact) mass is 240 g/mol. The molecule has 0 bridgehead atoms. The number of H-pyrrole nitrogens is 1. The highest BCUT2D eigenvalue weighted by Gasteiger charge is 2.12. The lowest BCUT2D eigenvalue weighted by atomic mass is 10.2. The van der Waals surface area contributed by atoms with Crippen molar-refractivity contribution in [1.29, 1.82) is 0 Å². The Morgan fingerprint density at radius 2 is 2.00 bits per heavy atom. The van der Waals surface area contributed by atoms with E-state index in [-0.39, 0.29) is 18.1 Å². The summed E-state index contributed by atoms with van der Waals surface area (Å²) in [5.41, 5.74) is 0.937. The highest BCUT2D eigenvalue weighted by Crippen LogP contribution is 2.05. The number of carbonyl (C=O) groups excluding carboxylic acids is 2. The largest absolute Gasteiger partial charge is 0.466 e. The Hall–Kier alpha value is -1.85. The lowest BCUT2D eigenvalue weighted by molar-refractivity contribution is -0.143. The fourth-order valence-electron chi connectivity index (χ4n) is 1.27. The number of esters is 2. The number of nitrogens with zero attached hydrogens (tertiary/aromatic N) is 1. The van der Waals surface area contributed by atoms with E-state index in [1.165, 1.54) is 0 Å². The second-order valence-electron chi connectivity index (χ2n) is 3.30. The smallest absolute Gasteiger partial charge is 0.358 e. The molecule has 1 N–H and O–H groups in total. The first-order chi connectivity index (χ1) is 8.17. The Kier molecular flexibility index (Phi) is 5.19. The quantitative estimate of drug-likeness (QED) is 0.752. The van der Waals surface area contributed by atoms with Crippen LogP contribution in [-0.4, -0.2) is 35.3 Å². The van der Waals surface area contributed by atoms with Crippen LogP contribution in [0.4, 0.5) is 0 Å². The summed E-state index contributed by atoms with van der Waals surface area (Å²) in [6.07, 6.45) is 0.726. The Bertz CT molecular complexity index is 387. The summed E-state index contributed by atoms with van der Waals surface area (Å²) < 4.78 is 9.58. The normalized spacial score (nSPS) is 10.0. The van der Waals surface area contributed by atoms with Gasteiger partial charge in [-0.1, -0.05) is 0 Å². The van der Waals surface area contributed by atoms with Crippen LogP contribution in [0.15, 0.2) is 6.07 Å². The molecule has 0 aliphatic carbocycles. The summed E-state index contributed by atoms with van der Waals surface area (Å²) in [6, 6.07) is 1.58. The van der Waals surface area contributed by atoms with Crippen LogP contribution in [0.3, 0.4) is 0 Å². The van der Waals surface area contributed by atoms with Gasteiger partial charge in [0.15, 0.2) is 5.69 Å². The molecule has 6 nitrogen and oxygen atoms in total. The van der Waals surface area contributed by atoms with Crippen molar-refractivity contribution >= 4 is 11.9 Å². The van der Waals surface area contributed by atoms with Crippen LogP contribution >= 0.6 is 0 Å². The second-order valence-corrected chi connectivity index (χ2v) is 3.30. The van der Waals surface area contributed by atoms with Gasteiger partial charge in [0.25, 0.3) is 0 Å². The predicted molar refractivity (Wildman–Crippen MR) is 59.5 cm³/mol. The number of rotatable bonds is 6. The molecule has 1 rings (SSSR count). The first kappa shape index (κ1) is 13.2. The van der Waals surface area contributed by atoms with E-state index in [9.17, 15) is 9.59 Å². The van der Waals surface area contributed by atoms with E-state index >= 15 is 0 Å². The molecule has 1 heterocycles. The van der Waals surface area contributed by atoms with Gasteiger partial charge in [-0.3, -0.25) is 9.89 Å². The van der Waals surface area contributed by atoms with Crippen molar-refractivity contribution in [2.24, 2.45) is 0 Å². The lowest BCUT2D eigenvalue weighted by Crippen LogP contribution is -2.05. The molecule has 0 saturated carbocycles. The van der Waals surface area contributed by atoms with Crippen molar-refractivity contribution in [2.45, 2.75) is 26.7 Å². The molecule has 0 aliphatic rings. The molecule has 0 unspecified atom stereocenters. The Balaban J connectivity index is 2.45. The van der Waals surface area contributed by atoms with Gasteiger partial charge in [0.2, 0.25) is 0 Å². The molecule has 1 aromatic rings.